The summed E-state index contributed by atoms with van der Waals surface area (Å²) in [5, 5.41) is 5.71. The summed E-state index contributed by atoms with van der Waals surface area (Å²) in [6.07, 6.45) is 1.75. The summed E-state index contributed by atoms with van der Waals surface area (Å²) in [5.41, 5.74) is 5.95. The highest BCUT2D eigenvalue weighted by Gasteiger charge is 2.09. The zero-order valence-electron chi connectivity index (χ0n) is 13.7. The number of hydrogen-bond acceptors (Lipinski definition) is 5. The fraction of sp³-hybridized carbons (Fsp3) is 0.111. The summed E-state index contributed by atoms with van der Waals surface area (Å²) in [6, 6.07) is 15.3. The summed E-state index contributed by atoms with van der Waals surface area (Å²) in [6.45, 7) is 2.04. The van der Waals surface area contributed by atoms with Gasteiger partial charge in [0.1, 0.15) is 5.75 Å². The number of nitrogens with one attached hydrogen (secondary N) is 1. The number of nitrogens with zero attached hydrogens (tertiary/aromatic N) is 2. The van der Waals surface area contributed by atoms with Gasteiger partial charge in [0.2, 0.25) is 5.13 Å². The molecular weight excluding hydrogens is 422 g/mol. The molecular formula is C18H17BrClN3OS. The molecule has 4 nitrogen and oxygen atoms in total. The van der Waals surface area contributed by atoms with Gasteiger partial charge in [0.05, 0.1) is 19.0 Å². The number of halogens is 2. The molecule has 3 rings (SSSR count). The minimum absolute atomic E-state index is 0. The summed E-state index contributed by atoms with van der Waals surface area (Å²) in [4.78, 5) is 5.72. The summed E-state index contributed by atoms with van der Waals surface area (Å²) in [5.74, 6) is 0.822. The number of aromatic nitrogens is 1. The second kappa shape index (κ2) is 8.99. The number of ether oxygens (including phenoxy) is 1. The van der Waals surface area contributed by atoms with E-state index in [2.05, 4.69) is 15.5 Å². The Kier molecular flexibility index (Phi) is 6.99. The second-order valence-corrected chi connectivity index (χ2v) is 6.71. The van der Waals surface area contributed by atoms with Crippen molar-refractivity contribution in [1.82, 2.24) is 4.98 Å². The van der Waals surface area contributed by atoms with E-state index >= 15 is 0 Å². The van der Waals surface area contributed by atoms with Gasteiger partial charge in [0, 0.05) is 15.5 Å². The lowest BCUT2D eigenvalue weighted by molar-refractivity contribution is 0.415. The summed E-state index contributed by atoms with van der Waals surface area (Å²) >= 11 is 7.50. The van der Waals surface area contributed by atoms with Crippen molar-refractivity contribution in [2.75, 3.05) is 12.5 Å². The van der Waals surface area contributed by atoms with Gasteiger partial charge in [-0.3, -0.25) is 5.43 Å². The molecule has 130 valence electrons. The number of benzene rings is 2. The molecule has 0 bridgehead atoms. The molecule has 0 saturated carbocycles. The van der Waals surface area contributed by atoms with Gasteiger partial charge in [-0.25, -0.2) is 4.98 Å². The van der Waals surface area contributed by atoms with Crippen molar-refractivity contribution >= 4 is 51.3 Å². The molecule has 1 heterocycles. The Morgan fingerprint density at radius 2 is 1.80 bits per heavy atom. The van der Waals surface area contributed by atoms with E-state index in [-0.39, 0.29) is 17.0 Å². The molecule has 0 aliphatic carbocycles. The highest BCUT2D eigenvalue weighted by Crippen LogP contribution is 2.30. The van der Waals surface area contributed by atoms with Gasteiger partial charge >= 0.3 is 0 Å². The molecule has 0 unspecified atom stereocenters. The molecule has 2 aromatic carbocycles. The second-order valence-electron chi connectivity index (χ2n) is 5.07. The lowest BCUT2D eigenvalue weighted by atomic mass is 10.1. The third kappa shape index (κ3) is 5.04. The van der Waals surface area contributed by atoms with E-state index < -0.39 is 0 Å². The minimum Gasteiger partial charge on any atom is -0.497 e. The van der Waals surface area contributed by atoms with E-state index in [1.807, 2.05) is 55.5 Å². The lowest BCUT2D eigenvalue weighted by Crippen LogP contribution is -1.90. The Bertz CT molecular complexity index is 848. The number of anilines is 1. The monoisotopic (exact) mass is 437 g/mol. The smallest absolute Gasteiger partial charge is 0.204 e. The van der Waals surface area contributed by atoms with Crippen LogP contribution in [0.3, 0.4) is 0 Å². The van der Waals surface area contributed by atoms with Crippen LogP contribution in [0.1, 0.15) is 10.4 Å². The van der Waals surface area contributed by atoms with Gasteiger partial charge in [-0.15, -0.1) is 28.3 Å². The first-order valence-corrected chi connectivity index (χ1v) is 8.51. The zero-order chi connectivity index (χ0) is 16.9. The molecule has 0 fully saturated rings. The van der Waals surface area contributed by atoms with Crippen LogP contribution in [0, 0.1) is 6.92 Å². The Morgan fingerprint density at radius 3 is 2.44 bits per heavy atom. The average Bonchev–Trinajstić information content (AvgIpc) is 2.97. The first kappa shape index (κ1) is 19.4. The van der Waals surface area contributed by atoms with Crippen LogP contribution in [0.25, 0.3) is 11.3 Å². The lowest BCUT2D eigenvalue weighted by Gasteiger charge is -1.99. The maximum atomic E-state index is 5.93. The highest BCUT2D eigenvalue weighted by molar-refractivity contribution is 8.93. The third-order valence-electron chi connectivity index (χ3n) is 3.40. The molecule has 0 saturated heterocycles. The van der Waals surface area contributed by atoms with E-state index in [0.717, 1.165) is 32.6 Å². The largest absolute Gasteiger partial charge is 0.497 e. The van der Waals surface area contributed by atoms with E-state index in [0.29, 0.717) is 5.02 Å². The highest BCUT2D eigenvalue weighted by atomic mass is 79.9. The standard InChI is InChI=1S/C18H16ClN3OS.BrH/c1-12-17(14-5-7-15(19)8-6-14)21-18(24-12)22-20-11-13-3-9-16(23-2)10-4-13;/h3-11H,1-2H3,(H,21,22);1H/b20-11+;. The number of aryl methyl sites for hydroxylation is 1. The van der Waals surface area contributed by atoms with Crippen LogP contribution < -0.4 is 10.2 Å². The predicted octanol–water partition coefficient (Wildman–Crippen LogP) is 5.80. The van der Waals surface area contributed by atoms with Crippen LogP contribution >= 0.6 is 39.9 Å². The van der Waals surface area contributed by atoms with Crippen LogP contribution in [0.5, 0.6) is 5.75 Å². The number of hydrazone groups is 1. The summed E-state index contributed by atoms with van der Waals surface area (Å²) in [7, 11) is 1.65. The minimum atomic E-state index is 0. The number of methoxy groups -OCH3 is 1. The average molecular weight is 439 g/mol. The van der Waals surface area contributed by atoms with Crippen molar-refractivity contribution in [1.29, 1.82) is 0 Å². The quantitative estimate of drug-likeness (QED) is 0.404. The fourth-order valence-electron chi connectivity index (χ4n) is 2.17. The van der Waals surface area contributed by atoms with Crippen LogP contribution in [-0.4, -0.2) is 18.3 Å². The molecule has 0 aliphatic rings. The number of hydrogen-bond donors (Lipinski definition) is 1. The molecule has 25 heavy (non-hydrogen) atoms. The van der Waals surface area contributed by atoms with Crippen molar-refractivity contribution in [3.63, 3.8) is 0 Å². The fourth-order valence-corrected chi connectivity index (χ4v) is 3.08. The van der Waals surface area contributed by atoms with Gasteiger partial charge in [-0.1, -0.05) is 23.7 Å². The van der Waals surface area contributed by atoms with Crippen LogP contribution in [-0.2, 0) is 0 Å². The molecule has 0 spiro atoms. The van der Waals surface area contributed by atoms with Crippen LogP contribution in [0.15, 0.2) is 53.6 Å². The van der Waals surface area contributed by atoms with Gasteiger partial charge in [0.25, 0.3) is 0 Å². The topological polar surface area (TPSA) is 46.5 Å². The van der Waals surface area contributed by atoms with Crippen molar-refractivity contribution in [3.05, 3.63) is 64.0 Å². The molecule has 0 atom stereocenters. The van der Waals surface area contributed by atoms with E-state index in [1.54, 1.807) is 24.7 Å². The Morgan fingerprint density at radius 1 is 1.12 bits per heavy atom. The van der Waals surface area contributed by atoms with Gasteiger partial charge in [0.15, 0.2) is 0 Å². The van der Waals surface area contributed by atoms with Crippen LogP contribution in [0.4, 0.5) is 5.13 Å². The molecule has 7 heteroatoms. The van der Waals surface area contributed by atoms with Crippen molar-refractivity contribution in [2.45, 2.75) is 6.92 Å². The zero-order valence-corrected chi connectivity index (χ0v) is 17.0. The van der Waals surface area contributed by atoms with Crippen LogP contribution in [0.2, 0.25) is 5.02 Å². The maximum absolute atomic E-state index is 5.93. The first-order chi connectivity index (χ1) is 11.7. The molecule has 1 aromatic heterocycles. The Labute approximate surface area is 166 Å². The van der Waals surface area contributed by atoms with Crippen molar-refractivity contribution in [3.8, 4) is 17.0 Å². The first-order valence-electron chi connectivity index (χ1n) is 7.32. The van der Waals surface area contributed by atoms with Gasteiger partial charge in [-0.2, -0.15) is 5.10 Å². The maximum Gasteiger partial charge on any atom is 0.204 e. The van der Waals surface area contributed by atoms with Crippen molar-refractivity contribution in [2.24, 2.45) is 5.10 Å². The normalized spacial score (nSPS) is 10.5. The Hall–Kier alpha value is -1.89. The summed E-state index contributed by atoms with van der Waals surface area (Å²) < 4.78 is 5.13. The van der Waals surface area contributed by atoms with E-state index in [4.69, 9.17) is 16.3 Å². The molecule has 0 aliphatic heterocycles. The number of thiazole rings is 1. The molecule has 3 aromatic rings. The van der Waals surface area contributed by atoms with E-state index in [1.165, 1.54) is 0 Å². The van der Waals surface area contributed by atoms with Gasteiger partial charge < -0.3 is 4.74 Å². The molecule has 0 radical (unpaired) electrons. The van der Waals surface area contributed by atoms with Crippen molar-refractivity contribution < 1.29 is 4.74 Å². The van der Waals surface area contributed by atoms with Gasteiger partial charge in [-0.05, 0) is 48.9 Å². The Balaban J connectivity index is 0.00000225. The third-order valence-corrected chi connectivity index (χ3v) is 4.53. The van der Waals surface area contributed by atoms with E-state index in [9.17, 15) is 0 Å². The number of rotatable bonds is 5. The molecule has 1 N–H and O–H groups in total. The SMILES string of the molecule is Br.COc1ccc(/C=N/Nc2nc(-c3ccc(Cl)cc3)c(C)s2)cc1. The molecule has 0 amide bonds. The predicted molar refractivity (Wildman–Crippen MR) is 112 cm³/mol.